The molecule has 2 aliphatic heterocycles. The second-order valence-corrected chi connectivity index (χ2v) is 7.25. The number of carboxylic acids is 1. The van der Waals surface area contributed by atoms with Crippen LogP contribution in [-0.2, 0) is 16.6 Å². The molecule has 14 heteroatoms. The van der Waals surface area contributed by atoms with Gasteiger partial charge in [-0.15, -0.1) is 0 Å². The van der Waals surface area contributed by atoms with E-state index in [9.17, 15) is 22.4 Å². The van der Waals surface area contributed by atoms with Crippen molar-refractivity contribution >= 4 is 17.8 Å². The maximum atomic E-state index is 13.0. The molecule has 0 spiro atoms. The van der Waals surface area contributed by atoms with E-state index in [1.54, 1.807) is 24.0 Å². The Labute approximate surface area is 179 Å². The number of hydrogen-bond acceptors (Lipinski definition) is 7. The Bertz CT molecular complexity index is 952. The molecule has 0 saturated carbocycles. The zero-order chi connectivity index (χ0) is 23.5. The van der Waals surface area contributed by atoms with Crippen LogP contribution < -0.4 is 10.2 Å². The van der Waals surface area contributed by atoms with Gasteiger partial charge in [-0.2, -0.15) is 18.3 Å². The van der Waals surface area contributed by atoms with E-state index in [1.807, 2.05) is 4.90 Å². The van der Waals surface area contributed by atoms with Gasteiger partial charge in [0.2, 0.25) is 5.95 Å². The van der Waals surface area contributed by atoms with Crippen molar-refractivity contribution in [2.45, 2.75) is 12.3 Å². The number of aromatic nitrogens is 4. The van der Waals surface area contributed by atoms with Gasteiger partial charge >= 0.3 is 12.1 Å². The van der Waals surface area contributed by atoms with E-state index in [0.717, 1.165) is 6.54 Å². The number of ether oxygens (including phenoxy) is 1. The number of hydrogen-bond donors (Lipinski definition) is 2. The van der Waals surface area contributed by atoms with Crippen LogP contribution in [0, 0.1) is 17.7 Å². The number of aryl methyl sites for hydroxylation is 1. The minimum Gasteiger partial charge on any atom is -0.475 e. The maximum absolute atomic E-state index is 13.0. The smallest absolute Gasteiger partial charge is 0.475 e. The second kappa shape index (κ2) is 9.46. The number of carbonyl (C=O) groups is 2. The van der Waals surface area contributed by atoms with Gasteiger partial charge in [-0.3, -0.25) is 9.48 Å². The van der Waals surface area contributed by atoms with Crippen molar-refractivity contribution in [3.05, 3.63) is 36.2 Å². The Morgan fingerprint density at radius 1 is 1.28 bits per heavy atom. The second-order valence-electron chi connectivity index (χ2n) is 7.25. The molecule has 4 heterocycles. The van der Waals surface area contributed by atoms with E-state index >= 15 is 0 Å². The zero-order valence-electron chi connectivity index (χ0n) is 16.8. The predicted molar refractivity (Wildman–Crippen MR) is 100 cm³/mol. The van der Waals surface area contributed by atoms with Crippen LogP contribution >= 0.6 is 0 Å². The van der Waals surface area contributed by atoms with Gasteiger partial charge in [-0.1, -0.05) is 0 Å². The Morgan fingerprint density at radius 3 is 2.50 bits per heavy atom. The van der Waals surface area contributed by atoms with Crippen molar-refractivity contribution in [1.29, 1.82) is 0 Å². The molecule has 2 aliphatic rings. The van der Waals surface area contributed by atoms with Crippen molar-refractivity contribution in [3.63, 3.8) is 0 Å². The first-order chi connectivity index (χ1) is 15.1. The molecule has 2 saturated heterocycles. The number of anilines is 1. The summed E-state index contributed by atoms with van der Waals surface area (Å²) in [6.07, 6.45) is -1.06. The summed E-state index contributed by atoms with van der Waals surface area (Å²) in [5.41, 5.74) is 0.531. The highest BCUT2D eigenvalue weighted by Crippen LogP contribution is 2.34. The molecule has 32 heavy (non-hydrogen) atoms. The molecule has 0 bridgehead atoms. The van der Waals surface area contributed by atoms with E-state index in [2.05, 4.69) is 20.4 Å². The molecule has 1 amide bonds. The number of nitrogens with one attached hydrogen (secondary N) is 1. The average Bonchev–Trinajstić information content (AvgIpc) is 3.42. The standard InChI is InChI=1S/C16H19FN6O2.C2HF3O2/c1-22-13(2-3-21-22)15(24)18-4-10-9-25-14-8-23(7-12(10)14)16-19-5-11(17)6-20-16;3-2(4,5)1(6)7/h2-3,5-6,10,12,14H,4,7-9H2,1H3,(H,18,24);(H,6,7)/t10-,12+,14+;/m0./s1. The number of carbonyl (C=O) groups excluding carboxylic acids is 1. The lowest BCUT2D eigenvalue weighted by Crippen LogP contribution is -2.35. The van der Waals surface area contributed by atoms with E-state index < -0.39 is 18.0 Å². The fraction of sp³-hybridized carbons (Fsp3) is 0.500. The van der Waals surface area contributed by atoms with Crippen LogP contribution in [0.1, 0.15) is 10.5 Å². The molecule has 0 aliphatic carbocycles. The van der Waals surface area contributed by atoms with Gasteiger partial charge in [0.15, 0.2) is 5.82 Å². The summed E-state index contributed by atoms with van der Waals surface area (Å²) < 4.78 is 52.1. The summed E-state index contributed by atoms with van der Waals surface area (Å²) in [5.74, 6) is -2.31. The van der Waals surface area contributed by atoms with E-state index in [4.69, 9.17) is 14.6 Å². The quantitative estimate of drug-likeness (QED) is 0.645. The van der Waals surface area contributed by atoms with Gasteiger partial charge in [0.1, 0.15) is 5.69 Å². The fourth-order valence-electron chi connectivity index (χ4n) is 3.55. The summed E-state index contributed by atoms with van der Waals surface area (Å²) >= 11 is 0. The highest BCUT2D eigenvalue weighted by atomic mass is 19.4. The van der Waals surface area contributed by atoms with Gasteiger partial charge in [0.25, 0.3) is 5.91 Å². The molecule has 0 aromatic carbocycles. The lowest BCUT2D eigenvalue weighted by Gasteiger charge is -2.20. The van der Waals surface area contributed by atoms with Gasteiger partial charge < -0.3 is 20.1 Å². The molecular formula is C18H20F4N6O4. The van der Waals surface area contributed by atoms with Gasteiger partial charge in [0.05, 0.1) is 25.1 Å². The summed E-state index contributed by atoms with van der Waals surface area (Å²) in [7, 11) is 1.74. The van der Waals surface area contributed by atoms with Crippen LogP contribution in [0.3, 0.4) is 0 Å². The third kappa shape index (κ3) is 5.49. The number of alkyl halides is 3. The highest BCUT2D eigenvalue weighted by Gasteiger charge is 2.44. The molecule has 0 unspecified atom stereocenters. The first kappa shape index (κ1) is 23.4. The Balaban J connectivity index is 0.000000360. The minimum absolute atomic E-state index is 0.0901. The first-order valence-corrected chi connectivity index (χ1v) is 9.46. The van der Waals surface area contributed by atoms with Crippen molar-refractivity contribution in [1.82, 2.24) is 25.1 Å². The first-order valence-electron chi connectivity index (χ1n) is 9.46. The summed E-state index contributed by atoms with van der Waals surface area (Å²) in [4.78, 5) is 31.2. The molecular weight excluding hydrogens is 440 g/mol. The number of fused-ring (bicyclic) bond motifs is 1. The third-order valence-corrected chi connectivity index (χ3v) is 5.15. The summed E-state index contributed by atoms with van der Waals surface area (Å²) in [5, 5.41) is 14.1. The number of halogens is 4. The topological polar surface area (TPSA) is 122 Å². The molecule has 2 aromatic rings. The van der Waals surface area contributed by atoms with Crippen molar-refractivity contribution in [2.75, 3.05) is 31.1 Å². The largest absolute Gasteiger partial charge is 0.490 e. The number of nitrogens with zero attached hydrogens (tertiary/aromatic N) is 5. The number of aliphatic carboxylic acids is 1. The highest BCUT2D eigenvalue weighted by molar-refractivity contribution is 5.92. The fourth-order valence-corrected chi connectivity index (χ4v) is 3.55. The predicted octanol–water partition coefficient (Wildman–Crippen LogP) is 0.864. The van der Waals surface area contributed by atoms with Crippen LogP contribution in [0.5, 0.6) is 0 Å². The zero-order valence-corrected chi connectivity index (χ0v) is 16.8. The maximum Gasteiger partial charge on any atom is 0.490 e. The van der Waals surface area contributed by atoms with Crippen LogP contribution in [0.15, 0.2) is 24.7 Å². The van der Waals surface area contributed by atoms with Crippen molar-refractivity contribution in [3.8, 4) is 0 Å². The van der Waals surface area contributed by atoms with E-state index in [1.165, 1.54) is 12.4 Å². The normalized spacial score (nSPS) is 22.2. The molecule has 10 nitrogen and oxygen atoms in total. The SMILES string of the molecule is Cn1nccc1C(=O)NC[C@H]1CO[C@@H]2CN(c3ncc(F)cn3)C[C@H]12.O=C(O)C(F)(F)F. The lowest BCUT2D eigenvalue weighted by molar-refractivity contribution is -0.192. The molecule has 4 rings (SSSR count). The molecule has 2 N–H and O–H groups in total. The van der Waals surface area contributed by atoms with Crippen molar-refractivity contribution < 1.29 is 37.0 Å². The van der Waals surface area contributed by atoms with Crippen LogP contribution in [0.25, 0.3) is 0 Å². The van der Waals surface area contributed by atoms with Gasteiger partial charge in [0, 0.05) is 44.7 Å². The average molecular weight is 460 g/mol. The number of amides is 1. The molecule has 174 valence electrons. The number of rotatable bonds is 4. The third-order valence-electron chi connectivity index (χ3n) is 5.15. The minimum atomic E-state index is -5.08. The molecule has 2 fully saturated rings. The van der Waals surface area contributed by atoms with Crippen LogP contribution in [0.2, 0.25) is 0 Å². The van der Waals surface area contributed by atoms with Crippen LogP contribution in [0.4, 0.5) is 23.5 Å². The summed E-state index contributed by atoms with van der Waals surface area (Å²) in [6.45, 7) is 2.59. The Morgan fingerprint density at radius 2 is 1.94 bits per heavy atom. The van der Waals surface area contributed by atoms with Crippen molar-refractivity contribution in [2.24, 2.45) is 18.9 Å². The van der Waals surface area contributed by atoms with Gasteiger partial charge in [-0.25, -0.2) is 19.2 Å². The molecule has 0 radical (unpaired) electrons. The van der Waals surface area contributed by atoms with Crippen LogP contribution in [-0.4, -0.2) is 75.3 Å². The van der Waals surface area contributed by atoms with Gasteiger partial charge in [-0.05, 0) is 6.07 Å². The molecule has 3 atom stereocenters. The number of carboxylic acid groups (broad SMARTS) is 1. The summed E-state index contributed by atoms with van der Waals surface area (Å²) in [6, 6.07) is 1.69. The van der Waals surface area contributed by atoms with E-state index in [0.29, 0.717) is 37.3 Å². The lowest BCUT2D eigenvalue weighted by atomic mass is 9.93. The Kier molecular flexibility index (Phi) is 6.91. The molecule has 2 aromatic heterocycles. The Hall–Kier alpha value is -3.29. The monoisotopic (exact) mass is 460 g/mol. The van der Waals surface area contributed by atoms with E-state index in [-0.39, 0.29) is 17.9 Å².